The Bertz CT molecular complexity index is 446. The van der Waals surface area contributed by atoms with E-state index in [4.69, 9.17) is 16.3 Å². The highest BCUT2D eigenvalue weighted by molar-refractivity contribution is 7.89. The molecule has 6 nitrogen and oxygen atoms in total. The van der Waals surface area contributed by atoms with Gasteiger partial charge in [-0.15, -0.1) is 11.6 Å². The lowest BCUT2D eigenvalue weighted by Gasteiger charge is -2.20. The molecular formula is C9H16ClN3O3S. The van der Waals surface area contributed by atoms with E-state index in [1.165, 1.54) is 28.4 Å². The molecule has 1 rings (SSSR count). The highest BCUT2D eigenvalue weighted by Crippen LogP contribution is 2.14. The van der Waals surface area contributed by atoms with Crippen LogP contribution in [0.1, 0.15) is 0 Å². The number of aromatic nitrogens is 2. The predicted molar refractivity (Wildman–Crippen MR) is 64.6 cm³/mol. The number of nitrogens with zero attached hydrogens (tertiary/aromatic N) is 3. The molecule has 0 aliphatic carbocycles. The van der Waals surface area contributed by atoms with E-state index in [0.29, 0.717) is 6.61 Å². The highest BCUT2D eigenvalue weighted by Gasteiger charge is 2.26. The summed E-state index contributed by atoms with van der Waals surface area (Å²) in [6.07, 6.45) is 1.45. The van der Waals surface area contributed by atoms with Gasteiger partial charge < -0.3 is 4.74 Å². The molecule has 8 heteroatoms. The molecule has 98 valence electrons. The Kier molecular flexibility index (Phi) is 5.38. The standard InChI is InChI=1S/C9H16ClN3O3S/c1-12-9(3-5-11-12)17(14,15)13(6-4-10)7-8-16-2/h3,5H,4,6-8H2,1-2H3. The second-order valence-corrected chi connectivity index (χ2v) is 5.64. The first kappa shape index (κ1) is 14.4. The van der Waals surface area contributed by atoms with E-state index in [0.717, 1.165) is 0 Å². The first-order valence-electron chi connectivity index (χ1n) is 5.07. The van der Waals surface area contributed by atoms with Crippen LogP contribution in [0.5, 0.6) is 0 Å². The van der Waals surface area contributed by atoms with Crippen LogP contribution in [0.4, 0.5) is 0 Å². The fraction of sp³-hybridized carbons (Fsp3) is 0.667. The number of ether oxygens (including phenoxy) is 1. The molecule has 1 aromatic rings. The van der Waals surface area contributed by atoms with Crippen LogP contribution in [0.2, 0.25) is 0 Å². The monoisotopic (exact) mass is 281 g/mol. The number of halogens is 1. The molecule has 0 spiro atoms. The molecule has 0 unspecified atom stereocenters. The molecule has 0 aliphatic rings. The molecular weight excluding hydrogens is 266 g/mol. The van der Waals surface area contributed by atoms with Crippen molar-refractivity contribution in [3.63, 3.8) is 0 Å². The zero-order valence-corrected chi connectivity index (χ0v) is 11.4. The fourth-order valence-electron chi connectivity index (χ4n) is 1.39. The summed E-state index contributed by atoms with van der Waals surface area (Å²) in [4.78, 5) is 0. The van der Waals surface area contributed by atoms with Crippen LogP contribution in [0, 0.1) is 0 Å². The Morgan fingerprint density at radius 1 is 1.53 bits per heavy atom. The van der Waals surface area contributed by atoms with Crippen molar-refractivity contribution in [2.45, 2.75) is 5.03 Å². The Hall–Kier alpha value is -0.630. The molecule has 1 aromatic heterocycles. The van der Waals surface area contributed by atoms with E-state index in [9.17, 15) is 8.42 Å². The summed E-state index contributed by atoms with van der Waals surface area (Å²) in [6.45, 7) is 0.850. The molecule has 0 bridgehead atoms. The lowest BCUT2D eigenvalue weighted by Crippen LogP contribution is -2.36. The fourth-order valence-corrected chi connectivity index (χ4v) is 3.22. The smallest absolute Gasteiger partial charge is 0.260 e. The predicted octanol–water partition coefficient (Wildman–Crippen LogP) is 0.296. The molecule has 0 atom stereocenters. The van der Waals surface area contributed by atoms with Gasteiger partial charge in [0.2, 0.25) is 0 Å². The van der Waals surface area contributed by atoms with E-state index >= 15 is 0 Å². The number of hydrogen-bond donors (Lipinski definition) is 0. The zero-order valence-electron chi connectivity index (χ0n) is 9.84. The van der Waals surface area contributed by atoms with Gasteiger partial charge in [-0.25, -0.2) is 8.42 Å². The van der Waals surface area contributed by atoms with Gasteiger partial charge in [-0.05, 0) is 6.07 Å². The Labute approximate surface area is 106 Å². The van der Waals surface area contributed by atoms with Crippen LogP contribution in [-0.2, 0) is 21.8 Å². The minimum atomic E-state index is -3.55. The number of aryl methyl sites for hydroxylation is 1. The third kappa shape index (κ3) is 3.41. The first-order valence-corrected chi connectivity index (χ1v) is 7.04. The third-order valence-corrected chi connectivity index (χ3v) is 4.40. The summed E-state index contributed by atoms with van der Waals surface area (Å²) in [5, 5.41) is 4.00. The molecule has 0 aliphatic heterocycles. The van der Waals surface area contributed by atoms with Crippen LogP contribution in [-0.4, -0.2) is 55.2 Å². The summed E-state index contributed by atoms with van der Waals surface area (Å²) >= 11 is 5.61. The molecule has 0 saturated heterocycles. The van der Waals surface area contributed by atoms with Crippen molar-refractivity contribution >= 4 is 21.6 Å². The Balaban J connectivity index is 2.96. The highest BCUT2D eigenvalue weighted by atomic mass is 35.5. The summed E-state index contributed by atoms with van der Waals surface area (Å²) in [6, 6.07) is 1.46. The van der Waals surface area contributed by atoms with E-state index < -0.39 is 10.0 Å². The molecule has 1 heterocycles. The zero-order chi connectivity index (χ0) is 12.9. The van der Waals surface area contributed by atoms with E-state index in [2.05, 4.69) is 5.10 Å². The maximum atomic E-state index is 12.3. The minimum absolute atomic E-state index is 0.152. The second-order valence-electron chi connectivity index (χ2n) is 3.38. The SMILES string of the molecule is COCCN(CCCl)S(=O)(=O)c1ccnn1C. The molecule has 0 amide bonds. The largest absolute Gasteiger partial charge is 0.383 e. The molecule has 0 saturated carbocycles. The maximum Gasteiger partial charge on any atom is 0.260 e. The van der Waals surface area contributed by atoms with Crippen molar-refractivity contribution in [3.05, 3.63) is 12.3 Å². The molecule has 0 aromatic carbocycles. The lowest BCUT2D eigenvalue weighted by atomic mass is 10.6. The van der Waals surface area contributed by atoms with Gasteiger partial charge in [-0.2, -0.15) is 9.40 Å². The normalized spacial score (nSPS) is 12.2. The van der Waals surface area contributed by atoms with E-state index in [-0.39, 0.29) is 24.0 Å². The van der Waals surface area contributed by atoms with Gasteiger partial charge >= 0.3 is 0 Å². The van der Waals surface area contributed by atoms with Crippen molar-refractivity contribution in [3.8, 4) is 0 Å². The Morgan fingerprint density at radius 3 is 2.71 bits per heavy atom. The summed E-state index contributed by atoms with van der Waals surface area (Å²) < 4.78 is 32.0. The minimum Gasteiger partial charge on any atom is -0.383 e. The third-order valence-electron chi connectivity index (χ3n) is 2.26. The van der Waals surface area contributed by atoms with Gasteiger partial charge in [0.25, 0.3) is 10.0 Å². The number of hydrogen-bond acceptors (Lipinski definition) is 4. The van der Waals surface area contributed by atoms with Crippen molar-refractivity contribution in [1.82, 2.24) is 14.1 Å². The van der Waals surface area contributed by atoms with Crippen molar-refractivity contribution in [1.29, 1.82) is 0 Å². The summed E-state index contributed by atoms with van der Waals surface area (Å²) in [5.41, 5.74) is 0. The second kappa shape index (κ2) is 6.34. The van der Waals surface area contributed by atoms with Crippen molar-refractivity contribution in [2.24, 2.45) is 7.05 Å². The van der Waals surface area contributed by atoms with Crippen LogP contribution < -0.4 is 0 Å². The molecule has 0 radical (unpaired) electrons. The van der Waals surface area contributed by atoms with Crippen LogP contribution >= 0.6 is 11.6 Å². The summed E-state index contributed by atoms with van der Waals surface area (Å²) in [5.74, 6) is 0.237. The van der Waals surface area contributed by atoms with Crippen molar-refractivity contribution in [2.75, 3.05) is 32.7 Å². The van der Waals surface area contributed by atoms with Gasteiger partial charge in [0.1, 0.15) is 0 Å². The number of methoxy groups -OCH3 is 1. The van der Waals surface area contributed by atoms with Gasteiger partial charge in [-0.1, -0.05) is 0 Å². The van der Waals surface area contributed by atoms with E-state index in [1.54, 1.807) is 7.05 Å². The number of alkyl halides is 1. The van der Waals surface area contributed by atoms with Crippen LogP contribution in [0.15, 0.2) is 17.3 Å². The van der Waals surface area contributed by atoms with Gasteiger partial charge in [-0.3, -0.25) is 4.68 Å². The van der Waals surface area contributed by atoms with Gasteiger partial charge in [0.05, 0.1) is 12.8 Å². The van der Waals surface area contributed by atoms with Crippen molar-refractivity contribution < 1.29 is 13.2 Å². The maximum absolute atomic E-state index is 12.3. The molecule has 0 N–H and O–H groups in total. The summed E-state index contributed by atoms with van der Waals surface area (Å²) in [7, 11) is -0.445. The number of rotatable bonds is 7. The quantitative estimate of drug-likeness (QED) is 0.674. The number of sulfonamides is 1. The van der Waals surface area contributed by atoms with E-state index in [1.807, 2.05) is 0 Å². The molecule has 17 heavy (non-hydrogen) atoms. The Morgan fingerprint density at radius 2 is 2.24 bits per heavy atom. The van der Waals surface area contributed by atoms with Crippen LogP contribution in [0.25, 0.3) is 0 Å². The van der Waals surface area contributed by atoms with Gasteiger partial charge in [0, 0.05) is 33.1 Å². The average Bonchev–Trinajstić information content (AvgIpc) is 2.71. The average molecular weight is 282 g/mol. The van der Waals surface area contributed by atoms with Gasteiger partial charge in [0.15, 0.2) is 5.03 Å². The molecule has 0 fully saturated rings. The first-order chi connectivity index (χ1) is 8.04. The van der Waals surface area contributed by atoms with Crippen LogP contribution in [0.3, 0.4) is 0 Å². The lowest BCUT2D eigenvalue weighted by molar-refractivity contribution is 0.180. The topological polar surface area (TPSA) is 64.4 Å².